The molecule has 5 nitrogen and oxygen atoms in total. The predicted molar refractivity (Wildman–Crippen MR) is 75.1 cm³/mol. The van der Waals surface area contributed by atoms with Crippen molar-refractivity contribution in [3.63, 3.8) is 0 Å². The number of carbonyl (C=O) groups excluding carboxylic acids is 1. The van der Waals surface area contributed by atoms with Crippen LogP contribution in [0.25, 0.3) is 0 Å². The van der Waals surface area contributed by atoms with Gasteiger partial charge in [0.25, 0.3) is 5.91 Å². The van der Waals surface area contributed by atoms with Crippen molar-refractivity contribution in [2.45, 2.75) is 20.8 Å². The van der Waals surface area contributed by atoms with E-state index in [4.69, 9.17) is 5.73 Å². The van der Waals surface area contributed by atoms with Crippen LogP contribution in [0.5, 0.6) is 0 Å². The number of hydrogen-bond acceptors (Lipinski definition) is 4. The maximum absolute atomic E-state index is 12.0. The molecular weight excluding hydrogens is 240 g/mol. The minimum Gasteiger partial charge on any atom is -0.397 e. The van der Waals surface area contributed by atoms with Crippen molar-refractivity contribution in [3.05, 3.63) is 47.0 Å². The van der Waals surface area contributed by atoms with E-state index in [-0.39, 0.29) is 11.6 Å². The lowest BCUT2D eigenvalue weighted by Crippen LogP contribution is -2.15. The lowest BCUT2D eigenvalue weighted by atomic mass is 10.1. The molecule has 0 saturated heterocycles. The summed E-state index contributed by atoms with van der Waals surface area (Å²) in [6.07, 6.45) is 3.00. The topological polar surface area (TPSA) is 80.9 Å². The number of aromatic nitrogens is 2. The molecule has 1 heterocycles. The maximum Gasteiger partial charge on any atom is 0.275 e. The molecule has 0 aliphatic heterocycles. The van der Waals surface area contributed by atoms with Crippen molar-refractivity contribution >= 4 is 17.3 Å². The Morgan fingerprint density at radius 3 is 2.42 bits per heavy atom. The third kappa shape index (κ3) is 2.88. The van der Waals surface area contributed by atoms with Gasteiger partial charge in [-0.05, 0) is 44.0 Å². The molecule has 19 heavy (non-hydrogen) atoms. The Morgan fingerprint density at radius 1 is 1.11 bits per heavy atom. The van der Waals surface area contributed by atoms with Crippen LogP contribution in [0.2, 0.25) is 0 Å². The normalized spacial score (nSPS) is 10.3. The summed E-state index contributed by atoms with van der Waals surface area (Å²) in [6, 6.07) is 3.69. The molecule has 2 rings (SSSR count). The molecule has 1 amide bonds. The Kier molecular flexibility index (Phi) is 3.46. The summed E-state index contributed by atoms with van der Waals surface area (Å²) in [5.74, 6) is -0.317. The number of nitrogens with zero attached hydrogens (tertiary/aromatic N) is 2. The summed E-state index contributed by atoms with van der Waals surface area (Å²) in [6.45, 7) is 5.76. The molecule has 98 valence electrons. The van der Waals surface area contributed by atoms with E-state index >= 15 is 0 Å². The lowest BCUT2D eigenvalue weighted by Gasteiger charge is -2.10. The zero-order chi connectivity index (χ0) is 14.0. The molecule has 0 atom stereocenters. The molecule has 3 N–H and O–H groups in total. The van der Waals surface area contributed by atoms with E-state index in [2.05, 4.69) is 15.3 Å². The second-order valence-electron chi connectivity index (χ2n) is 4.52. The van der Waals surface area contributed by atoms with E-state index in [0.29, 0.717) is 11.4 Å². The van der Waals surface area contributed by atoms with Crippen LogP contribution in [0.3, 0.4) is 0 Å². The van der Waals surface area contributed by atoms with Gasteiger partial charge >= 0.3 is 0 Å². The summed E-state index contributed by atoms with van der Waals surface area (Å²) in [5, 5.41) is 2.75. The van der Waals surface area contributed by atoms with Gasteiger partial charge in [0.1, 0.15) is 5.69 Å². The summed E-state index contributed by atoms with van der Waals surface area (Å²) in [5.41, 5.74) is 10.2. The zero-order valence-electron chi connectivity index (χ0n) is 11.2. The molecule has 0 bridgehead atoms. The summed E-state index contributed by atoms with van der Waals surface area (Å²) in [4.78, 5) is 20.1. The zero-order valence-corrected chi connectivity index (χ0v) is 11.2. The summed E-state index contributed by atoms with van der Waals surface area (Å²) < 4.78 is 0. The first-order valence-corrected chi connectivity index (χ1v) is 5.94. The highest BCUT2D eigenvalue weighted by atomic mass is 16.1. The highest BCUT2D eigenvalue weighted by molar-refractivity contribution is 6.04. The number of amides is 1. The molecular formula is C14H16N4O. The smallest absolute Gasteiger partial charge is 0.275 e. The molecule has 2 aromatic rings. The van der Waals surface area contributed by atoms with E-state index in [9.17, 15) is 4.79 Å². The van der Waals surface area contributed by atoms with Crippen LogP contribution in [0.15, 0.2) is 24.5 Å². The van der Waals surface area contributed by atoms with E-state index in [1.165, 1.54) is 6.20 Å². The van der Waals surface area contributed by atoms with Gasteiger partial charge in [-0.15, -0.1) is 0 Å². The van der Waals surface area contributed by atoms with Crippen LogP contribution < -0.4 is 11.1 Å². The fourth-order valence-corrected chi connectivity index (χ4v) is 1.64. The van der Waals surface area contributed by atoms with E-state index in [0.717, 1.165) is 16.8 Å². The monoisotopic (exact) mass is 256 g/mol. The van der Waals surface area contributed by atoms with E-state index in [1.54, 1.807) is 6.20 Å². The first kappa shape index (κ1) is 13.0. The Balaban J connectivity index is 2.24. The average molecular weight is 256 g/mol. The van der Waals surface area contributed by atoms with Crippen LogP contribution in [-0.4, -0.2) is 15.9 Å². The van der Waals surface area contributed by atoms with Gasteiger partial charge < -0.3 is 11.1 Å². The van der Waals surface area contributed by atoms with Crippen LogP contribution in [0.1, 0.15) is 27.3 Å². The molecule has 1 aromatic carbocycles. The molecule has 1 aromatic heterocycles. The number of hydrogen-bond donors (Lipinski definition) is 2. The Morgan fingerprint density at radius 2 is 1.79 bits per heavy atom. The second kappa shape index (κ2) is 5.06. The fourth-order valence-electron chi connectivity index (χ4n) is 1.64. The fraction of sp³-hybridized carbons (Fsp3) is 0.214. The number of aryl methyl sites for hydroxylation is 3. The van der Waals surface area contributed by atoms with Crippen LogP contribution in [0.4, 0.5) is 11.4 Å². The average Bonchev–Trinajstić information content (AvgIpc) is 2.36. The molecule has 0 saturated carbocycles. The largest absolute Gasteiger partial charge is 0.397 e. The van der Waals surface area contributed by atoms with Crippen molar-refractivity contribution in [2.24, 2.45) is 0 Å². The van der Waals surface area contributed by atoms with Crippen LogP contribution in [-0.2, 0) is 0 Å². The van der Waals surface area contributed by atoms with Gasteiger partial charge in [0, 0.05) is 6.20 Å². The van der Waals surface area contributed by atoms with Gasteiger partial charge in [0.05, 0.1) is 23.3 Å². The molecule has 0 aliphatic carbocycles. The molecule has 0 unspecified atom stereocenters. The van der Waals surface area contributed by atoms with E-state index in [1.807, 2.05) is 32.9 Å². The third-order valence-corrected chi connectivity index (χ3v) is 2.93. The van der Waals surface area contributed by atoms with Crippen molar-refractivity contribution in [3.8, 4) is 0 Å². The summed E-state index contributed by atoms with van der Waals surface area (Å²) in [7, 11) is 0. The Labute approximate surface area is 111 Å². The number of rotatable bonds is 2. The molecule has 0 aliphatic rings. The predicted octanol–water partition coefficient (Wildman–Crippen LogP) is 2.24. The van der Waals surface area contributed by atoms with Gasteiger partial charge in [0.2, 0.25) is 0 Å². The highest BCUT2D eigenvalue weighted by Crippen LogP contribution is 2.23. The minimum absolute atomic E-state index is 0.267. The Bertz CT molecular complexity index is 620. The molecule has 0 fully saturated rings. The van der Waals surface area contributed by atoms with Gasteiger partial charge in [-0.1, -0.05) is 0 Å². The lowest BCUT2D eigenvalue weighted by molar-refractivity contribution is 0.102. The van der Waals surface area contributed by atoms with Gasteiger partial charge in [-0.3, -0.25) is 9.78 Å². The number of anilines is 2. The first-order chi connectivity index (χ1) is 8.97. The van der Waals surface area contributed by atoms with Crippen molar-refractivity contribution in [1.82, 2.24) is 9.97 Å². The van der Waals surface area contributed by atoms with Crippen molar-refractivity contribution in [1.29, 1.82) is 0 Å². The third-order valence-electron chi connectivity index (χ3n) is 2.93. The minimum atomic E-state index is -0.317. The van der Waals surface area contributed by atoms with E-state index < -0.39 is 0 Å². The van der Waals surface area contributed by atoms with Crippen molar-refractivity contribution < 1.29 is 4.79 Å². The SMILES string of the molecule is Cc1cnc(C(=O)Nc2cc(C)c(C)cc2N)cn1. The summed E-state index contributed by atoms with van der Waals surface area (Å²) >= 11 is 0. The van der Waals surface area contributed by atoms with Gasteiger partial charge in [0.15, 0.2) is 0 Å². The van der Waals surface area contributed by atoms with Crippen LogP contribution >= 0.6 is 0 Å². The van der Waals surface area contributed by atoms with Crippen molar-refractivity contribution in [2.75, 3.05) is 11.1 Å². The number of nitrogen functional groups attached to an aromatic ring is 1. The molecule has 0 radical (unpaired) electrons. The number of nitrogens with two attached hydrogens (primary N) is 1. The first-order valence-electron chi connectivity index (χ1n) is 5.94. The maximum atomic E-state index is 12.0. The van der Waals surface area contributed by atoms with Gasteiger partial charge in [-0.2, -0.15) is 0 Å². The second-order valence-corrected chi connectivity index (χ2v) is 4.52. The molecule has 5 heteroatoms. The number of benzene rings is 1. The quantitative estimate of drug-likeness (QED) is 0.807. The Hall–Kier alpha value is -2.43. The van der Waals surface area contributed by atoms with Crippen LogP contribution in [0, 0.1) is 20.8 Å². The number of nitrogens with one attached hydrogen (secondary N) is 1. The number of carbonyl (C=O) groups is 1. The highest BCUT2D eigenvalue weighted by Gasteiger charge is 2.10. The van der Waals surface area contributed by atoms with Gasteiger partial charge in [-0.25, -0.2) is 4.98 Å². The standard InChI is InChI=1S/C14H16N4O/c1-8-4-11(15)12(5-9(8)2)18-14(19)13-7-16-10(3)6-17-13/h4-7H,15H2,1-3H3,(H,18,19). The molecule has 0 spiro atoms.